The zero-order valence-electron chi connectivity index (χ0n) is 18.0. The summed E-state index contributed by atoms with van der Waals surface area (Å²) in [6.45, 7) is 13.3. The lowest BCUT2D eigenvalue weighted by atomic mass is 9.47. The fourth-order valence-electron chi connectivity index (χ4n) is 5.71. The molecule has 0 bridgehead atoms. The van der Waals surface area contributed by atoms with Gasteiger partial charge in [-0.3, -0.25) is 4.52 Å². The summed E-state index contributed by atoms with van der Waals surface area (Å²) in [7, 11) is -9.88. The zero-order chi connectivity index (χ0) is 22.1. The van der Waals surface area contributed by atoms with Gasteiger partial charge in [0, 0.05) is 0 Å². The third kappa shape index (κ3) is 6.61. The van der Waals surface area contributed by atoms with Crippen LogP contribution in [0, 0.1) is 22.7 Å². The number of phosphoric ester groups is 1. The molecule has 2 aliphatic carbocycles. The Balaban J connectivity index is 1.97. The van der Waals surface area contributed by atoms with E-state index in [9.17, 15) is 14.0 Å². The molecule has 2 fully saturated rings. The molecule has 9 heteroatoms. The molecule has 0 heterocycles. The molecule has 0 saturated heterocycles. The summed E-state index contributed by atoms with van der Waals surface area (Å²) in [5.41, 5.74) is 2.94. The summed E-state index contributed by atoms with van der Waals surface area (Å²) in [6, 6.07) is 0. The lowest BCUT2D eigenvalue weighted by molar-refractivity contribution is -0.0539. The van der Waals surface area contributed by atoms with Gasteiger partial charge in [0.05, 0.1) is 6.61 Å². The molecule has 29 heavy (non-hydrogen) atoms. The summed E-state index contributed by atoms with van der Waals surface area (Å²) >= 11 is 0. The van der Waals surface area contributed by atoms with Crippen molar-refractivity contribution in [3.63, 3.8) is 0 Å². The van der Waals surface area contributed by atoms with E-state index in [2.05, 4.69) is 36.2 Å². The Hall–Kier alpha value is -0.260. The Morgan fingerprint density at radius 2 is 1.90 bits per heavy atom. The molecule has 168 valence electrons. The highest BCUT2D eigenvalue weighted by atomic mass is 31.3. The number of allylic oxidation sites excluding steroid dienone is 2. The van der Waals surface area contributed by atoms with E-state index in [-0.39, 0.29) is 12.0 Å². The molecule has 0 aliphatic heterocycles. The highest BCUT2D eigenvalue weighted by Crippen LogP contribution is 2.62. The standard InChI is InChI=1S/C20H36O7P2/c1-15(11-14-26-29(24,25)27-28(21,22)23)7-9-17-16(2)8-10-18-19(3,4)12-6-13-20(17,18)5/h11,17-18H,2,6-10,12-14H2,1,3-5H3,(H,24,25)(H2,21,22,23)/b15-11+/t17-,18-,20+/m0/s1. The van der Waals surface area contributed by atoms with Crippen LogP contribution in [0.3, 0.4) is 0 Å². The van der Waals surface area contributed by atoms with Crippen LogP contribution in [0.5, 0.6) is 0 Å². The molecule has 4 atom stereocenters. The average Bonchev–Trinajstić information content (AvgIpc) is 2.50. The van der Waals surface area contributed by atoms with Crippen LogP contribution in [0.2, 0.25) is 0 Å². The topological polar surface area (TPSA) is 113 Å². The van der Waals surface area contributed by atoms with Gasteiger partial charge in [0.2, 0.25) is 0 Å². The first-order chi connectivity index (χ1) is 13.2. The fraction of sp³-hybridized carbons (Fsp3) is 0.800. The molecular weight excluding hydrogens is 414 g/mol. The second kappa shape index (κ2) is 9.08. The van der Waals surface area contributed by atoms with E-state index >= 15 is 0 Å². The van der Waals surface area contributed by atoms with Crippen molar-refractivity contribution in [1.82, 2.24) is 0 Å². The predicted octanol–water partition coefficient (Wildman–Crippen LogP) is 5.74. The van der Waals surface area contributed by atoms with Gasteiger partial charge >= 0.3 is 15.6 Å². The van der Waals surface area contributed by atoms with Gasteiger partial charge in [-0.1, -0.05) is 51.0 Å². The van der Waals surface area contributed by atoms with Crippen molar-refractivity contribution in [3.05, 3.63) is 23.8 Å². The fourth-order valence-corrected chi connectivity index (χ4v) is 7.24. The Labute approximate surface area is 174 Å². The van der Waals surface area contributed by atoms with Gasteiger partial charge < -0.3 is 14.7 Å². The van der Waals surface area contributed by atoms with Gasteiger partial charge in [-0.2, -0.15) is 4.31 Å². The SMILES string of the molecule is C=C1CC[C@H]2C(C)(C)CCC[C@]2(C)[C@H]1CC/C(C)=C/COP(=O)(O)OP(=O)(O)O. The summed E-state index contributed by atoms with van der Waals surface area (Å²) in [4.78, 5) is 26.6. The molecule has 2 aliphatic rings. The third-order valence-electron chi connectivity index (χ3n) is 7.03. The lowest BCUT2D eigenvalue weighted by Gasteiger charge is -2.58. The summed E-state index contributed by atoms with van der Waals surface area (Å²) in [6.07, 6.45) is 9.48. The summed E-state index contributed by atoms with van der Waals surface area (Å²) < 4.78 is 30.6. The number of fused-ring (bicyclic) bond motifs is 1. The van der Waals surface area contributed by atoms with Gasteiger partial charge in [0.1, 0.15) is 0 Å². The van der Waals surface area contributed by atoms with Gasteiger partial charge in [-0.15, -0.1) is 0 Å². The maximum atomic E-state index is 11.5. The Morgan fingerprint density at radius 1 is 1.24 bits per heavy atom. The molecule has 0 aromatic rings. The van der Waals surface area contributed by atoms with Crippen LogP contribution in [0.15, 0.2) is 23.8 Å². The quantitative estimate of drug-likeness (QED) is 0.319. The minimum Gasteiger partial charge on any atom is -0.302 e. The maximum Gasteiger partial charge on any atom is 0.481 e. The normalized spacial score (nSPS) is 32.5. The first kappa shape index (κ1) is 25.0. The van der Waals surface area contributed by atoms with Crippen molar-refractivity contribution in [2.24, 2.45) is 22.7 Å². The summed E-state index contributed by atoms with van der Waals surface area (Å²) in [5, 5.41) is 0. The van der Waals surface area contributed by atoms with Crippen molar-refractivity contribution in [2.75, 3.05) is 6.61 Å². The van der Waals surface area contributed by atoms with Crippen LogP contribution < -0.4 is 0 Å². The van der Waals surface area contributed by atoms with E-state index in [1.807, 2.05) is 6.92 Å². The zero-order valence-corrected chi connectivity index (χ0v) is 19.8. The molecule has 1 unspecified atom stereocenters. The van der Waals surface area contributed by atoms with Crippen LogP contribution in [0.25, 0.3) is 0 Å². The van der Waals surface area contributed by atoms with Crippen LogP contribution in [0.1, 0.15) is 72.6 Å². The van der Waals surface area contributed by atoms with Crippen LogP contribution in [0.4, 0.5) is 0 Å². The predicted molar refractivity (Wildman–Crippen MR) is 113 cm³/mol. The van der Waals surface area contributed by atoms with E-state index in [4.69, 9.17) is 9.79 Å². The van der Waals surface area contributed by atoms with E-state index in [0.717, 1.165) is 24.8 Å². The molecule has 2 saturated carbocycles. The molecule has 0 radical (unpaired) electrons. The van der Waals surface area contributed by atoms with Crippen LogP contribution >= 0.6 is 15.6 Å². The number of hydrogen-bond acceptors (Lipinski definition) is 4. The smallest absolute Gasteiger partial charge is 0.302 e. The first-order valence-electron chi connectivity index (χ1n) is 10.2. The van der Waals surface area contributed by atoms with Gasteiger partial charge in [0.25, 0.3) is 0 Å². The van der Waals surface area contributed by atoms with Crippen molar-refractivity contribution in [2.45, 2.75) is 72.6 Å². The number of phosphoric acid groups is 2. The molecule has 3 N–H and O–H groups in total. The van der Waals surface area contributed by atoms with E-state index in [1.165, 1.54) is 31.3 Å². The molecule has 0 aromatic carbocycles. The minimum absolute atomic E-state index is 0.252. The van der Waals surface area contributed by atoms with Crippen molar-refractivity contribution >= 4 is 15.6 Å². The van der Waals surface area contributed by atoms with Crippen LogP contribution in [-0.4, -0.2) is 21.3 Å². The first-order valence-corrected chi connectivity index (χ1v) is 13.3. The number of hydrogen-bond donors (Lipinski definition) is 3. The Morgan fingerprint density at radius 3 is 2.52 bits per heavy atom. The monoisotopic (exact) mass is 450 g/mol. The molecule has 0 aromatic heterocycles. The van der Waals surface area contributed by atoms with Crippen molar-refractivity contribution in [3.8, 4) is 0 Å². The molecule has 0 spiro atoms. The van der Waals surface area contributed by atoms with Gasteiger partial charge in [0.15, 0.2) is 0 Å². The number of rotatable bonds is 8. The van der Waals surface area contributed by atoms with Crippen molar-refractivity contribution < 1.29 is 32.6 Å². The van der Waals surface area contributed by atoms with Gasteiger partial charge in [-0.05, 0) is 68.1 Å². The third-order valence-corrected chi connectivity index (χ3v) is 9.18. The lowest BCUT2D eigenvalue weighted by Crippen LogP contribution is -2.49. The summed E-state index contributed by atoms with van der Waals surface area (Å²) in [5.74, 6) is 1.14. The Kier molecular flexibility index (Phi) is 7.83. The second-order valence-corrected chi connectivity index (χ2v) is 12.4. The van der Waals surface area contributed by atoms with Crippen LogP contribution in [-0.2, 0) is 18.0 Å². The second-order valence-electron chi connectivity index (χ2n) is 9.58. The minimum atomic E-state index is -5.09. The average molecular weight is 450 g/mol. The highest BCUT2D eigenvalue weighted by molar-refractivity contribution is 7.60. The van der Waals surface area contributed by atoms with E-state index in [0.29, 0.717) is 17.3 Å². The Bertz CT molecular complexity index is 739. The highest BCUT2D eigenvalue weighted by Gasteiger charge is 2.52. The van der Waals surface area contributed by atoms with E-state index < -0.39 is 15.6 Å². The van der Waals surface area contributed by atoms with E-state index in [1.54, 1.807) is 6.08 Å². The van der Waals surface area contributed by atoms with Crippen molar-refractivity contribution in [1.29, 1.82) is 0 Å². The largest absolute Gasteiger partial charge is 0.481 e. The molecule has 7 nitrogen and oxygen atoms in total. The molecular formula is C20H36O7P2. The molecule has 0 amide bonds. The maximum absolute atomic E-state index is 11.5. The molecule has 2 rings (SSSR count). The van der Waals surface area contributed by atoms with Gasteiger partial charge in [-0.25, -0.2) is 9.13 Å².